The number of hydrogen-bond donors (Lipinski definition) is 2. The van der Waals surface area contributed by atoms with E-state index in [1.807, 2.05) is 6.92 Å². The van der Waals surface area contributed by atoms with Gasteiger partial charge in [0.2, 0.25) is 0 Å². The zero-order chi connectivity index (χ0) is 8.10. The van der Waals surface area contributed by atoms with Crippen LogP contribution in [0.5, 0.6) is 0 Å². The summed E-state index contributed by atoms with van der Waals surface area (Å²) in [6.07, 6.45) is 1.66. The summed E-state index contributed by atoms with van der Waals surface area (Å²) in [5.74, 6) is 0.295. The average Bonchev–Trinajstić information content (AvgIpc) is 2.07. The molecule has 1 saturated heterocycles. The van der Waals surface area contributed by atoms with Gasteiger partial charge in [0.1, 0.15) is 0 Å². The molecule has 66 valence electrons. The highest BCUT2D eigenvalue weighted by atomic mass is 16.6. The monoisotopic (exact) mass is 159 g/mol. The van der Waals surface area contributed by atoms with Gasteiger partial charge in [0.05, 0.1) is 0 Å². The van der Waals surface area contributed by atoms with Crippen LogP contribution in [-0.4, -0.2) is 31.1 Å². The van der Waals surface area contributed by atoms with Gasteiger partial charge >= 0.3 is 0 Å². The number of ether oxygens (including phenoxy) is 1. The van der Waals surface area contributed by atoms with Gasteiger partial charge in [-0.25, -0.2) is 0 Å². The van der Waals surface area contributed by atoms with Crippen LogP contribution in [0.15, 0.2) is 0 Å². The molecule has 0 radical (unpaired) electrons. The molecule has 1 fully saturated rings. The molecule has 1 aliphatic rings. The SMILES string of the molecule is CCOC(O)[C@@H]1CCCNC1. The molecule has 0 saturated carbocycles. The molecule has 2 atom stereocenters. The summed E-state index contributed by atoms with van der Waals surface area (Å²) in [4.78, 5) is 0. The zero-order valence-electron chi connectivity index (χ0n) is 7.05. The van der Waals surface area contributed by atoms with Gasteiger partial charge in [0.15, 0.2) is 6.29 Å². The van der Waals surface area contributed by atoms with E-state index in [9.17, 15) is 5.11 Å². The maximum atomic E-state index is 9.41. The lowest BCUT2D eigenvalue weighted by atomic mass is 9.99. The Labute approximate surface area is 67.7 Å². The van der Waals surface area contributed by atoms with Crippen LogP contribution >= 0.6 is 0 Å². The van der Waals surface area contributed by atoms with Gasteiger partial charge in [-0.15, -0.1) is 0 Å². The molecule has 0 aliphatic carbocycles. The third kappa shape index (κ3) is 2.77. The molecular weight excluding hydrogens is 142 g/mol. The summed E-state index contributed by atoms with van der Waals surface area (Å²) < 4.78 is 5.10. The van der Waals surface area contributed by atoms with Gasteiger partial charge in [-0.05, 0) is 26.3 Å². The zero-order valence-corrected chi connectivity index (χ0v) is 7.05. The minimum absolute atomic E-state index is 0.295. The molecule has 0 spiro atoms. The predicted octanol–water partition coefficient (Wildman–Crippen LogP) is 0.341. The molecule has 1 heterocycles. The highest BCUT2D eigenvalue weighted by Crippen LogP contribution is 2.14. The van der Waals surface area contributed by atoms with Crippen LogP contribution in [0.3, 0.4) is 0 Å². The summed E-state index contributed by atoms with van der Waals surface area (Å²) in [5, 5.41) is 12.6. The molecule has 2 N–H and O–H groups in total. The van der Waals surface area contributed by atoms with Crippen molar-refractivity contribution in [2.75, 3.05) is 19.7 Å². The molecule has 0 aromatic carbocycles. The average molecular weight is 159 g/mol. The lowest BCUT2D eigenvalue weighted by Crippen LogP contribution is -2.37. The Morgan fingerprint density at radius 3 is 3.09 bits per heavy atom. The van der Waals surface area contributed by atoms with E-state index in [0.717, 1.165) is 25.9 Å². The fourth-order valence-electron chi connectivity index (χ4n) is 1.43. The van der Waals surface area contributed by atoms with Crippen molar-refractivity contribution in [2.45, 2.75) is 26.1 Å². The highest BCUT2D eigenvalue weighted by Gasteiger charge is 2.21. The first-order chi connectivity index (χ1) is 5.34. The smallest absolute Gasteiger partial charge is 0.158 e. The van der Waals surface area contributed by atoms with E-state index in [0.29, 0.717) is 12.5 Å². The largest absolute Gasteiger partial charge is 0.368 e. The van der Waals surface area contributed by atoms with Gasteiger partial charge in [-0.2, -0.15) is 0 Å². The van der Waals surface area contributed by atoms with Crippen molar-refractivity contribution in [2.24, 2.45) is 5.92 Å². The Kier molecular flexibility index (Phi) is 3.83. The maximum Gasteiger partial charge on any atom is 0.158 e. The van der Waals surface area contributed by atoms with Gasteiger partial charge < -0.3 is 15.2 Å². The van der Waals surface area contributed by atoms with E-state index >= 15 is 0 Å². The van der Waals surface area contributed by atoms with E-state index in [-0.39, 0.29) is 0 Å². The third-order valence-corrected chi connectivity index (χ3v) is 2.08. The second-order valence-electron chi connectivity index (χ2n) is 2.95. The number of nitrogens with one attached hydrogen (secondary N) is 1. The van der Waals surface area contributed by atoms with Gasteiger partial charge in [-0.3, -0.25) is 0 Å². The van der Waals surface area contributed by atoms with Crippen LogP contribution in [0.4, 0.5) is 0 Å². The molecule has 1 unspecified atom stereocenters. The molecule has 0 aromatic heterocycles. The molecule has 0 aromatic rings. The van der Waals surface area contributed by atoms with E-state index in [4.69, 9.17) is 4.74 Å². The van der Waals surface area contributed by atoms with Crippen molar-refractivity contribution in [3.05, 3.63) is 0 Å². The number of rotatable bonds is 3. The summed E-state index contributed by atoms with van der Waals surface area (Å²) in [5.41, 5.74) is 0. The van der Waals surface area contributed by atoms with Crippen molar-refractivity contribution in [3.8, 4) is 0 Å². The lowest BCUT2D eigenvalue weighted by Gasteiger charge is -2.26. The lowest BCUT2D eigenvalue weighted by molar-refractivity contribution is -0.133. The predicted molar refractivity (Wildman–Crippen MR) is 43.2 cm³/mol. The number of piperidine rings is 1. The van der Waals surface area contributed by atoms with Crippen LogP contribution in [0.25, 0.3) is 0 Å². The molecule has 0 amide bonds. The Bertz CT molecular complexity index is 102. The first kappa shape index (κ1) is 8.97. The van der Waals surface area contributed by atoms with Crippen molar-refractivity contribution < 1.29 is 9.84 Å². The third-order valence-electron chi connectivity index (χ3n) is 2.08. The van der Waals surface area contributed by atoms with Crippen molar-refractivity contribution >= 4 is 0 Å². The molecular formula is C8H17NO2. The first-order valence-electron chi connectivity index (χ1n) is 4.35. The molecule has 1 rings (SSSR count). The van der Waals surface area contributed by atoms with Crippen molar-refractivity contribution in [1.82, 2.24) is 5.32 Å². The van der Waals surface area contributed by atoms with Crippen LogP contribution in [0.1, 0.15) is 19.8 Å². The van der Waals surface area contributed by atoms with Crippen molar-refractivity contribution in [3.63, 3.8) is 0 Å². The Balaban J connectivity index is 2.21. The number of aliphatic hydroxyl groups is 1. The van der Waals surface area contributed by atoms with Crippen molar-refractivity contribution in [1.29, 1.82) is 0 Å². The minimum atomic E-state index is -0.562. The summed E-state index contributed by atoms with van der Waals surface area (Å²) in [6.45, 7) is 4.47. The van der Waals surface area contributed by atoms with Crippen LogP contribution in [0, 0.1) is 5.92 Å². The Morgan fingerprint density at radius 2 is 2.55 bits per heavy atom. The summed E-state index contributed by atoms with van der Waals surface area (Å²) >= 11 is 0. The molecule has 11 heavy (non-hydrogen) atoms. The van der Waals surface area contributed by atoms with E-state index < -0.39 is 6.29 Å². The van der Waals surface area contributed by atoms with Gasteiger partial charge in [-0.1, -0.05) is 0 Å². The quantitative estimate of drug-likeness (QED) is 0.583. The second-order valence-corrected chi connectivity index (χ2v) is 2.95. The first-order valence-corrected chi connectivity index (χ1v) is 4.35. The van der Waals surface area contributed by atoms with E-state index in [1.54, 1.807) is 0 Å². The highest BCUT2D eigenvalue weighted by molar-refractivity contribution is 4.70. The molecule has 1 aliphatic heterocycles. The fourth-order valence-corrected chi connectivity index (χ4v) is 1.43. The minimum Gasteiger partial charge on any atom is -0.368 e. The second kappa shape index (κ2) is 4.70. The molecule has 0 bridgehead atoms. The van der Waals surface area contributed by atoms with Crippen LogP contribution in [-0.2, 0) is 4.74 Å². The molecule has 3 nitrogen and oxygen atoms in total. The van der Waals surface area contributed by atoms with Gasteiger partial charge in [0, 0.05) is 19.1 Å². The topological polar surface area (TPSA) is 41.5 Å². The standard InChI is InChI=1S/C8H17NO2/c1-2-11-8(10)7-4-3-5-9-6-7/h7-10H,2-6H2,1H3/t7-,8?/m1/s1. The summed E-state index contributed by atoms with van der Waals surface area (Å²) in [6, 6.07) is 0. The fraction of sp³-hybridized carbons (Fsp3) is 1.00. The van der Waals surface area contributed by atoms with Crippen LogP contribution < -0.4 is 5.32 Å². The van der Waals surface area contributed by atoms with Gasteiger partial charge in [0.25, 0.3) is 0 Å². The Morgan fingerprint density at radius 1 is 1.73 bits per heavy atom. The van der Waals surface area contributed by atoms with E-state index in [1.165, 1.54) is 0 Å². The Hall–Kier alpha value is -0.120. The normalized spacial score (nSPS) is 28.4. The summed E-state index contributed by atoms with van der Waals surface area (Å²) in [7, 11) is 0. The number of aliphatic hydroxyl groups excluding tert-OH is 1. The number of hydrogen-bond acceptors (Lipinski definition) is 3. The van der Waals surface area contributed by atoms with Crippen LogP contribution in [0.2, 0.25) is 0 Å². The maximum absolute atomic E-state index is 9.41. The van der Waals surface area contributed by atoms with E-state index in [2.05, 4.69) is 5.32 Å². The molecule has 3 heteroatoms.